The van der Waals surface area contributed by atoms with E-state index in [1.807, 2.05) is 33.1 Å². The van der Waals surface area contributed by atoms with Crippen molar-refractivity contribution in [1.29, 1.82) is 0 Å². The van der Waals surface area contributed by atoms with Gasteiger partial charge in [0.25, 0.3) is 5.91 Å². The molecular weight excluding hydrogens is 524 g/mol. The summed E-state index contributed by atoms with van der Waals surface area (Å²) in [6.07, 6.45) is 0.289. The number of nitrogens with zero attached hydrogens (tertiary/aromatic N) is 1. The van der Waals surface area contributed by atoms with Crippen LogP contribution in [0.15, 0.2) is 23.0 Å². The number of carbonyl (C=O) groups excluding carboxylic acids is 3. The molecule has 3 aliphatic carbocycles. The van der Waals surface area contributed by atoms with Crippen molar-refractivity contribution in [3.63, 3.8) is 0 Å². The van der Waals surface area contributed by atoms with E-state index in [0.717, 1.165) is 5.56 Å². The lowest BCUT2D eigenvalue weighted by Crippen LogP contribution is -2.70. The Morgan fingerprint density at radius 3 is 2.26 bits per heavy atom. The SMILES string of the molecule is CSCc1cc(C(C)(C)C)c(O)c2c1[C@@H](C)[C@H]1C(=C2O)C(=O)[C@@]2(O)C(O)=C(C(N)=O)C(=O)[C@@H](N(C)C)[C@@H]2[C@@H]1O. The van der Waals surface area contributed by atoms with Crippen molar-refractivity contribution >= 4 is 35.0 Å². The van der Waals surface area contributed by atoms with Crippen molar-refractivity contribution in [2.24, 2.45) is 17.6 Å². The molecular formula is C28H36N2O8S. The number of rotatable bonds is 4. The van der Waals surface area contributed by atoms with Gasteiger partial charge in [-0.15, -0.1) is 0 Å². The smallest absolute Gasteiger partial charge is 0.255 e. The Bertz CT molecular complexity index is 1360. The van der Waals surface area contributed by atoms with Crippen LogP contribution in [-0.2, 0) is 25.6 Å². The fourth-order valence-electron chi connectivity index (χ4n) is 6.72. The van der Waals surface area contributed by atoms with Crippen LogP contribution in [0.3, 0.4) is 0 Å². The zero-order valence-corrected chi connectivity index (χ0v) is 23.9. The van der Waals surface area contributed by atoms with E-state index in [4.69, 9.17) is 5.73 Å². The largest absolute Gasteiger partial charge is 0.508 e. The van der Waals surface area contributed by atoms with Gasteiger partial charge >= 0.3 is 0 Å². The molecule has 0 spiro atoms. The van der Waals surface area contributed by atoms with E-state index in [2.05, 4.69) is 0 Å². The minimum Gasteiger partial charge on any atom is -0.508 e. The van der Waals surface area contributed by atoms with E-state index >= 15 is 0 Å². The van der Waals surface area contributed by atoms with Crippen molar-refractivity contribution in [3.05, 3.63) is 45.2 Å². The maximum Gasteiger partial charge on any atom is 0.255 e. The van der Waals surface area contributed by atoms with E-state index in [9.17, 15) is 39.9 Å². The minimum atomic E-state index is -2.93. The van der Waals surface area contributed by atoms with Gasteiger partial charge in [-0.3, -0.25) is 19.3 Å². The molecule has 0 bridgehead atoms. The summed E-state index contributed by atoms with van der Waals surface area (Å²) in [7, 11) is 2.96. The molecule has 1 aromatic rings. The number of phenolic OH excluding ortho intramolecular Hbond substituents is 1. The highest BCUT2D eigenvalue weighted by atomic mass is 32.2. The van der Waals surface area contributed by atoms with Crippen LogP contribution in [0.1, 0.15) is 55.9 Å². The molecule has 10 nitrogen and oxygen atoms in total. The van der Waals surface area contributed by atoms with E-state index in [0.29, 0.717) is 16.9 Å². The van der Waals surface area contributed by atoms with Crippen LogP contribution in [0.4, 0.5) is 0 Å². The molecule has 6 atom stereocenters. The summed E-state index contributed by atoms with van der Waals surface area (Å²) in [6, 6.07) is 0.486. The number of likely N-dealkylation sites (N-methyl/N-ethyl adjacent to an activating group) is 1. The molecule has 1 amide bonds. The summed E-state index contributed by atoms with van der Waals surface area (Å²) in [5, 5.41) is 57.6. The number of Topliss-reactive ketones (excluding diaryl/α,β-unsaturated/α-hetero) is 2. The molecule has 0 unspecified atom stereocenters. The number of hydrogen-bond donors (Lipinski definition) is 6. The molecule has 1 fully saturated rings. The van der Waals surface area contributed by atoms with Crippen LogP contribution in [0, 0.1) is 11.8 Å². The summed E-state index contributed by atoms with van der Waals surface area (Å²) in [6.45, 7) is 7.44. The number of primary amides is 1. The summed E-state index contributed by atoms with van der Waals surface area (Å²) in [4.78, 5) is 41.0. The maximum atomic E-state index is 14.1. The van der Waals surface area contributed by atoms with Crippen molar-refractivity contribution in [2.45, 2.75) is 62.5 Å². The normalized spacial score (nSPS) is 30.9. The Balaban J connectivity index is 2.11. The quantitative estimate of drug-likeness (QED) is 0.296. The fourth-order valence-corrected chi connectivity index (χ4v) is 7.27. The van der Waals surface area contributed by atoms with Crippen molar-refractivity contribution in [1.82, 2.24) is 4.90 Å². The molecule has 11 heteroatoms. The van der Waals surface area contributed by atoms with Gasteiger partial charge in [0.05, 0.1) is 23.6 Å². The van der Waals surface area contributed by atoms with Crippen LogP contribution in [0.2, 0.25) is 0 Å². The predicted molar refractivity (Wildman–Crippen MR) is 146 cm³/mol. The number of aromatic hydroxyl groups is 1. The lowest BCUT2D eigenvalue weighted by Gasteiger charge is -2.54. The second-order valence-corrected chi connectivity index (χ2v) is 12.8. The van der Waals surface area contributed by atoms with Gasteiger partial charge in [-0.1, -0.05) is 33.8 Å². The van der Waals surface area contributed by atoms with Crippen LogP contribution in [-0.4, -0.2) is 86.0 Å². The molecule has 4 rings (SSSR count). The zero-order chi connectivity index (χ0) is 29.5. The average molecular weight is 561 g/mol. The van der Waals surface area contributed by atoms with Crippen molar-refractivity contribution in [3.8, 4) is 5.75 Å². The first-order chi connectivity index (χ1) is 17.9. The van der Waals surface area contributed by atoms with Gasteiger partial charge in [-0.05, 0) is 42.8 Å². The third-order valence-corrected chi connectivity index (χ3v) is 9.02. The number of carbonyl (C=O) groups is 3. The van der Waals surface area contributed by atoms with E-state index in [1.54, 1.807) is 6.92 Å². The number of phenols is 1. The molecule has 7 N–H and O–H groups in total. The van der Waals surface area contributed by atoms with Gasteiger partial charge in [0, 0.05) is 22.8 Å². The number of hydrogen-bond acceptors (Lipinski definition) is 10. The number of ketones is 2. The van der Waals surface area contributed by atoms with E-state index in [1.165, 1.54) is 30.8 Å². The Labute approximate surface area is 231 Å². The monoisotopic (exact) mass is 560 g/mol. The topological polar surface area (TPSA) is 182 Å². The van der Waals surface area contributed by atoms with Crippen LogP contribution < -0.4 is 5.73 Å². The first-order valence-corrected chi connectivity index (χ1v) is 14.0. The molecule has 39 heavy (non-hydrogen) atoms. The number of aliphatic hydroxyl groups is 4. The van der Waals surface area contributed by atoms with Gasteiger partial charge in [0.2, 0.25) is 5.78 Å². The van der Waals surface area contributed by atoms with Gasteiger partial charge in [0.15, 0.2) is 11.4 Å². The van der Waals surface area contributed by atoms with Crippen molar-refractivity contribution in [2.75, 3.05) is 20.4 Å². The Morgan fingerprint density at radius 1 is 1.18 bits per heavy atom. The van der Waals surface area contributed by atoms with Crippen molar-refractivity contribution < 1.29 is 39.9 Å². The predicted octanol–water partition coefficient (Wildman–Crippen LogP) is 1.66. The Hall–Kier alpha value is -2.86. The molecule has 0 aromatic heterocycles. The summed E-state index contributed by atoms with van der Waals surface area (Å²) in [5.41, 5.74) is 2.51. The molecule has 0 heterocycles. The van der Waals surface area contributed by atoms with Gasteiger partial charge in [-0.2, -0.15) is 11.8 Å². The zero-order valence-electron chi connectivity index (χ0n) is 23.1. The first-order valence-electron chi connectivity index (χ1n) is 12.6. The molecule has 0 saturated heterocycles. The molecule has 3 aliphatic rings. The van der Waals surface area contributed by atoms with Crippen LogP contribution >= 0.6 is 11.8 Å². The average Bonchev–Trinajstić information content (AvgIpc) is 2.81. The summed E-state index contributed by atoms with van der Waals surface area (Å²) >= 11 is 1.53. The first kappa shape index (κ1) is 29.1. The number of benzene rings is 1. The second-order valence-electron chi connectivity index (χ2n) is 12.0. The highest BCUT2D eigenvalue weighted by molar-refractivity contribution is 7.97. The van der Waals surface area contributed by atoms with E-state index in [-0.39, 0.29) is 16.9 Å². The third kappa shape index (κ3) is 3.85. The van der Waals surface area contributed by atoms with Crippen LogP contribution in [0.25, 0.3) is 5.76 Å². The number of nitrogens with two attached hydrogens (primary N) is 1. The Morgan fingerprint density at radius 2 is 1.77 bits per heavy atom. The maximum absolute atomic E-state index is 14.1. The molecule has 1 saturated carbocycles. The van der Waals surface area contributed by atoms with Gasteiger partial charge in [0.1, 0.15) is 22.8 Å². The molecule has 1 aromatic carbocycles. The van der Waals surface area contributed by atoms with Gasteiger partial charge in [-0.25, -0.2) is 0 Å². The lowest BCUT2D eigenvalue weighted by molar-refractivity contribution is -0.169. The number of thioether (sulfide) groups is 1. The van der Waals surface area contributed by atoms with Crippen LogP contribution in [0.5, 0.6) is 5.75 Å². The minimum absolute atomic E-state index is 0.0301. The summed E-state index contributed by atoms with van der Waals surface area (Å²) < 4.78 is 0. The number of fused-ring (bicyclic) bond motifs is 3. The summed E-state index contributed by atoms with van der Waals surface area (Å²) in [5.74, 6) is -8.32. The standard InChI is InChI=1S/C28H36N2O8S/c1-10-13-11(9-39-7)8-12(27(2,3)4)20(31)15(13)21(32)16-14(10)22(33)18-19(30(5)6)23(34)17(26(29)37)25(36)28(18,38)24(16)35/h8,10,14,18-19,22,31-33,36,38H,9H2,1-7H3,(H2,29,37)/t10-,14+,18-,19+,22-,28-/m1/s1. The molecule has 0 radical (unpaired) electrons. The second kappa shape index (κ2) is 9.36. The molecule has 0 aliphatic heterocycles. The molecule has 212 valence electrons. The highest BCUT2D eigenvalue weighted by Crippen LogP contribution is 2.57. The number of amides is 1. The Kier molecular flexibility index (Phi) is 6.99. The number of aliphatic hydroxyl groups excluding tert-OH is 3. The lowest BCUT2D eigenvalue weighted by atomic mass is 9.54. The van der Waals surface area contributed by atoms with Gasteiger partial charge < -0.3 is 31.3 Å². The van der Waals surface area contributed by atoms with E-state index < -0.39 is 75.5 Å². The highest BCUT2D eigenvalue weighted by Gasteiger charge is 2.68. The third-order valence-electron chi connectivity index (χ3n) is 8.42. The fraction of sp³-hybridized carbons (Fsp3) is 0.536.